The van der Waals surface area contributed by atoms with E-state index in [4.69, 9.17) is 10.2 Å². The molecule has 0 bridgehead atoms. The summed E-state index contributed by atoms with van der Waals surface area (Å²) in [5, 5.41) is 28.9. The van der Waals surface area contributed by atoms with Gasteiger partial charge in [-0.2, -0.15) is 0 Å². The molecule has 1 aromatic carbocycles. The van der Waals surface area contributed by atoms with Crippen molar-refractivity contribution in [3.63, 3.8) is 0 Å². The number of anilines is 1. The topological polar surface area (TPSA) is 124 Å². The van der Waals surface area contributed by atoms with Crippen LogP contribution in [0.3, 0.4) is 0 Å². The molecule has 0 fully saturated rings. The van der Waals surface area contributed by atoms with E-state index in [1.54, 1.807) is 0 Å². The number of rotatable bonds is 4. The Morgan fingerprint density at radius 3 is 2.37 bits per heavy atom. The standard InChI is InChI=1S/C12H11NO6/c1-6(4-10(15)16)11(17)13-7-2-3-9(14)8(5-7)12(18)19/h2-5,14H,1H3,(H,13,17)(H,15,16)(H,18,19)/b6-4+. The van der Waals surface area contributed by atoms with Gasteiger partial charge >= 0.3 is 11.9 Å². The normalized spacial score (nSPS) is 10.9. The van der Waals surface area contributed by atoms with Crippen LogP contribution in [0.5, 0.6) is 5.75 Å². The first-order chi connectivity index (χ1) is 8.81. The third kappa shape index (κ3) is 3.84. The van der Waals surface area contributed by atoms with Gasteiger partial charge in [-0.25, -0.2) is 9.59 Å². The minimum absolute atomic E-state index is 0.0440. The van der Waals surface area contributed by atoms with Crippen molar-refractivity contribution in [1.29, 1.82) is 0 Å². The van der Waals surface area contributed by atoms with Crippen molar-refractivity contribution in [2.24, 2.45) is 0 Å². The number of phenols is 1. The van der Waals surface area contributed by atoms with E-state index in [0.717, 1.165) is 18.2 Å². The fourth-order valence-electron chi connectivity index (χ4n) is 1.27. The Morgan fingerprint density at radius 2 is 1.84 bits per heavy atom. The zero-order valence-electron chi connectivity index (χ0n) is 9.88. The van der Waals surface area contributed by atoms with Crippen LogP contribution in [-0.2, 0) is 9.59 Å². The average Bonchev–Trinajstić information content (AvgIpc) is 2.30. The van der Waals surface area contributed by atoms with E-state index in [-0.39, 0.29) is 16.8 Å². The summed E-state index contributed by atoms with van der Waals surface area (Å²) in [5.74, 6) is -3.70. The molecule has 0 aliphatic heterocycles. The zero-order chi connectivity index (χ0) is 14.6. The lowest BCUT2D eigenvalue weighted by Gasteiger charge is -2.07. The number of carbonyl (C=O) groups is 3. The smallest absolute Gasteiger partial charge is 0.339 e. The van der Waals surface area contributed by atoms with E-state index in [1.165, 1.54) is 13.0 Å². The van der Waals surface area contributed by atoms with Gasteiger partial charge in [0.05, 0.1) is 0 Å². The molecule has 1 amide bonds. The predicted molar refractivity (Wildman–Crippen MR) is 65.1 cm³/mol. The maximum absolute atomic E-state index is 11.6. The third-order valence-corrected chi connectivity index (χ3v) is 2.18. The molecule has 0 saturated heterocycles. The maximum Gasteiger partial charge on any atom is 0.339 e. The highest BCUT2D eigenvalue weighted by molar-refractivity contribution is 6.06. The first kappa shape index (κ1) is 14.2. The Kier molecular flexibility index (Phi) is 4.25. The number of hydrogen-bond donors (Lipinski definition) is 4. The van der Waals surface area contributed by atoms with Crippen LogP contribution >= 0.6 is 0 Å². The molecule has 0 aliphatic rings. The monoisotopic (exact) mass is 265 g/mol. The number of aliphatic carboxylic acids is 1. The molecule has 1 aromatic rings. The molecule has 7 nitrogen and oxygen atoms in total. The maximum atomic E-state index is 11.6. The van der Waals surface area contributed by atoms with Gasteiger partial charge < -0.3 is 20.6 Å². The van der Waals surface area contributed by atoms with Crippen LogP contribution in [0.4, 0.5) is 5.69 Å². The molecule has 19 heavy (non-hydrogen) atoms. The number of nitrogens with one attached hydrogen (secondary N) is 1. The second-order valence-electron chi connectivity index (χ2n) is 3.66. The third-order valence-electron chi connectivity index (χ3n) is 2.18. The van der Waals surface area contributed by atoms with Crippen LogP contribution in [-0.4, -0.2) is 33.2 Å². The molecule has 0 aromatic heterocycles. The van der Waals surface area contributed by atoms with Gasteiger partial charge in [-0.1, -0.05) is 0 Å². The van der Waals surface area contributed by atoms with Gasteiger partial charge in [-0.05, 0) is 25.1 Å². The van der Waals surface area contributed by atoms with Gasteiger partial charge in [-0.15, -0.1) is 0 Å². The van der Waals surface area contributed by atoms with Gasteiger partial charge in [0.1, 0.15) is 11.3 Å². The Labute approximate surface area is 107 Å². The molecule has 1 rings (SSSR count). The molecule has 0 spiro atoms. The fraction of sp³-hybridized carbons (Fsp3) is 0.0833. The summed E-state index contributed by atoms with van der Waals surface area (Å²) in [6.07, 6.45) is 0.730. The van der Waals surface area contributed by atoms with Crippen molar-refractivity contribution < 1.29 is 29.7 Å². The first-order valence-corrected chi connectivity index (χ1v) is 5.10. The highest BCUT2D eigenvalue weighted by Gasteiger charge is 2.12. The van der Waals surface area contributed by atoms with Crippen molar-refractivity contribution in [1.82, 2.24) is 0 Å². The second kappa shape index (κ2) is 5.67. The van der Waals surface area contributed by atoms with E-state index in [9.17, 15) is 19.5 Å². The molecule has 0 heterocycles. The lowest BCUT2D eigenvalue weighted by atomic mass is 10.1. The van der Waals surface area contributed by atoms with Gasteiger partial charge in [0.2, 0.25) is 0 Å². The number of benzene rings is 1. The number of carbonyl (C=O) groups excluding carboxylic acids is 1. The van der Waals surface area contributed by atoms with Crippen molar-refractivity contribution in [2.75, 3.05) is 5.32 Å². The van der Waals surface area contributed by atoms with E-state index >= 15 is 0 Å². The highest BCUT2D eigenvalue weighted by Crippen LogP contribution is 2.21. The Balaban J connectivity index is 2.95. The SMILES string of the molecule is C/C(=C\C(=O)O)C(=O)Nc1ccc(O)c(C(=O)O)c1. The molecular weight excluding hydrogens is 254 g/mol. The average molecular weight is 265 g/mol. The van der Waals surface area contributed by atoms with Crippen LogP contribution in [0.2, 0.25) is 0 Å². The van der Waals surface area contributed by atoms with Crippen LogP contribution in [0.15, 0.2) is 29.8 Å². The number of hydrogen-bond acceptors (Lipinski definition) is 4. The zero-order valence-corrected chi connectivity index (χ0v) is 9.88. The van der Waals surface area contributed by atoms with Crippen molar-refractivity contribution in [2.45, 2.75) is 6.92 Å². The van der Waals surface area contributed by atoms with Crippen molar-refractivity contribution in [3.8, 4) is 5.75 Å². The number of aromatic hydroxyl groups is 1. The van der Waals surface area contributed by atoms with E-state index < -0.39 is 23.6 Å². The lowest BCUT2D eigenvalue weighted by molar-refractivity contribution is -0.131. The van der Waals surface area contributed by atoms with Gasteiger partial charge in [0, 0.05) is 17.3 Å². The quantitative estimate of drug-likeness (QED) is 0.476. The molecule has 4 N–H and O–H groups in total. The molecule has 0 aliphatic carbocycles. The number of aromatic carboxylic acids is 1. The second-order valence-corrected chi connectivity index (χ2v) is 3.66. The molecule has 0 unspecified atom stereocenters. The molecule has 7 heteroatoms. The summed E-state index contributed by atoms with van der Waals surface area (Å²) in [7, 11) is 0. The molecule has 0 saturated carbocycles. The minimum atomic E-state index is -1.34. The number of carboxylic acids is 2. The largest absolute Gasteiger partial charge is 0.507 e. The molecule has 100 valence electrons. The van der Waals surface area contributed by atoms with Crippen molar-refractivity contribution >= 4 is 23.5 Å². The summed E-state index contributed by atoms with van der Waals surface area (Å²) < 4.78 is 0. The summed E-state index contributed by atoms with van der Waals surface area (Å²) in [5.41, 5.74) is -0.270. The Bertz CT molecular complexity index is 576. The Hall–Kier alpha value is -2.83. The molecular formula is C12H11NO6. The van der Waals surface area contributed by atoms with Gasteiger partial charge in [0.15, 0.2) is 0 Å². The van der Waals surface area contributed by atoms with Crippen LogP contribution in [0.25, 0.3) is 0 Å². The summed E-state index contributed by atoms with van der Waals surface area (Å²) in [6.45, 7) is 1.31. The van der Waals surface area contributed by atoms with Gasteiger partial charge in [0.25, 0.3) is 5.91 Å². The number of carboxylic acid groups (broad SMARTS) is 2. The van der Waals surface area contributed by atoms with Crippen LogP contribution < -0.4 is 5.32 Å². The predicted octanol–water partition coefficient (Wildman–Crippen LogP) is 1.06. The van der Waals surface area contributed by atoms with Gasteiger partial charge in [-0.3, -0.25) is 4.79 Å². The molecule has 0 radical (unpaired) electrons. The van der Waals surface area contributed by atoms with Crippen molar-refractivity contribution in [3.05, 3.63) is 35.4 Å². The van der Waals surface area contributed by atoms with Crippen LogP contribution in [0, 0.1) is 0 Å². The summed E-state index contributed by atoms with van der Waals surface area (Å²) in [6, 6.07) is 3.49. The minimum Gasteiger partial charge on any atom is -0.507 e. The first-order valence-electron chi connectivity index (χ1n) is 5.10. The highest BCUT2D eigenvalue weighted by atomic mass is 16.4. The number of amides is 1. The lowest BCUT2D eigenvalue weighted by Crippen LogP contribution is -2.14. The fourth-order valence-corrected chi connectivity index (χ4v) is 1.27. The molecule has 0 atom stereocenters. The van der Waals surface area contributed by atoms with Crippen LogP contribution in [0.1, 0.15) is 17.3 Å². The van der Waals surface area contributed by atoms with E-state index in [0.29, 0.717) is 0 Å². The summed E-state index contributed by atoms with van der Waals surface area (Å²) in [4.78, 5) is 32.7. The summed E-state index contributed by atoms with van der Waals surface area (Å²) >= 11 is 0. The Morgan fingerprint density at radius 1 is 1.21 bits per heavy atom. The van der Waals surface area contributed by atoms with E-state index in [2.05, 4.69) is 5.32 Å². The van der Waals surface area contributed by atoms with E-state index in [1.807, 2.05) is 0 Å².